The van der Waals surface area contributed by atoms with Gasteiger partial charge in [0.05, 0.1) is 11.8 Å². The summed E-state index contributed by atoms with van der Waals surface area (Å²) < 4.78 is 7.03. The Labute approximate surface area is 135 Å². The van der Waals surface area contributed by atoms with Crippen LogP contribution in [-0.2, 0) is 4.79 Å². The average molecular weight is 327 g/mol. The van der Waals surface area contributed by atoms with E-state index >= 15 is 0 Å². The van der Waals surface area contributed by atoms with E-state index in [2.05, 4.69) is 15.4 Å². The molecular weight excluding hydrogens is 314 g/mol. The number of carbonyl (C=O) groups excluding carboxylic acids is 1. The molecule has 3 aromatic heterocycles. The summed E-state index contributed by atoms with van der Waals surface area (Å²) in [4.78, 5) is 17.4. The number of amides is 1. The Morgan fingerprint density at radius 3 is 2.96 bits per heavy atom. The van der Waals surface area contributed by atoms with E-state index in [1.165, 1.54) is 0 Å². The SMILES string of the molecule is CC1=C(C(N)=O)C(c2cccs2)n2nc(-c3ccco3)nc2N1. The molecule has 7 nitrogen and oxygen atoms in total. The highest BCUT2D eigenvalue weighted by Crippen LogP contribution is 2.37. The van der Waals surface area contributed by atoms with E-state index in [0.717, 1.165) is 4.88 Å². The first-order valence-electron chi connectivity index (χ1n) is 6.96. The predicted molar refractivity (Wildman–Crippen MR) is 85.7 cm³/mol. The van der Waals surface area contributed by atoms with E-state index in [-0.39, 0.29) is 6.04 Å². The van der Waals surface area contributed by atoms with Gasteiger partial charge in [-0.05, 0) is 30.5 Å². The molecule has 4 heterocycles. The van der Waals surface area contributed by atoms with E-state index in [1.807, 2.05) is 24.4 Å². The minimum Gasteiger partial charge on any atom is -0.461 e. The molecule has 1 aliphatic heterocycles. The Balaban J connectivity index is 1.89. The number of nitrogens with two attached hydrogens (primary N) is 1. The maximum Gasteiger partial charge on any atom is 0.248 e. The molecule has 0 fully saturated rings. The number of carbonyl (C=O) groups is 1. The topological polar surface area (TPSA) is 99.0 Å². The molecule has 0 saturated carbocycles. The van der Waals surface area contributed by atoms with Gasteiger partial charge in [-0.15, -0.1) is 16.4 Å². The lowest BCUT2D eigenvalue weighted by Gasteiger charge is -2.26. The predicted octanol–water partition coefficient (Wildman–Crippen LogP) is 2.37. The molecule has 116 valence electrons. The summed E-state index contributed by atoms with van der Waals surface area (Å²) in [5.41, 5.74) is 6.76. The molecule has 4 rings (SSSR count). The Morgan fingerprint density at radius 2 is 2.30 bits per heavy atom. The van der Waals surface area contributed by atoms with Crippen LogP contribution in [0.4, 0.5) is 5.95 Å². The molecule has 0 radical (unpaired) electrons. The lowest BCUT2D eigenvalue weighted by molar-refractivity contribution is -0.115. The molecular formula is C15H13N5O2S. The van der Waals surface area contributed by atoms with E-state index in [4.69, 9.17) is 10.2 Å². The van der Waals surface area contributed by atoms with Crippen molar-refractivity contribution in [3.8, 4) is 11.6 Å². The monoisotopic (exact) mass is 327 g/mol. The third kappa shape index (κ3) is 2.15. The summed E-state index contributed by atoms with van der Waals surface area (Å²) in [5, 5.41) is 9.56. The standard InChI is InChI=1S/C15H13N5O2S/c1-8-11(13(16)21)12(10-5-3-7-23-10)20-15(17-8)18-14(19-20)9-4-2-6-22-9/h2-7,12H,1H3,(H2,16,21)(H,17,18,19). The van der Waals surface area contributed by atoms with Crippen molar-refractivity contribution < 1.29 is 9.21 Å². The molecule has 0 saturated heterocycles. The molecule has 3 N–H and O–H groups in total. The number of rotatable bonds is 3. The smallest absolute Gasteiger partial charge is 0.248 e. The second-order valence-electron chi connectivity index (χ2n) is 5.13. The summed E-state index contributed by atoms with van der Waals surface area (Å²) in [6.07, 6.45) is 1.57. The number of nitrogens with one attached hydrogen (secondary N) is 1. The van der Waals surface area contributed by atoms with Gasteiger partial charge in [-0.25, -0.2) is 4.68 Å². The molecule has 1 atom stereocenters. The molecule has 23 heavy (non-hydrogen) atoms. The van der Waals surface area contributed by atoms with Crippen molar-refractivity contribution in [3.63, 3.8) is 0 Å². The van der Waals surface area contributed by atoms with Crippen LogP contribution in [0.2, 0.25) is 0 Å². The van der Waals surface area contributed by atoms with Gasteiger partial charge in [-0.1, -0.05) is 6.07 Å². The van der Waals surface area contributed by atoms with Crippen molar-refractivity contribution in [1.82, 2.24) is 14.8 Å². The number of fused-ring (bicyclic) bond motifs is 1. The molecule has 0 bridgehead atoms. The van der Waals surface area contributed by atoms with Crippen molar-refractivity contribution >= 4 is 23.2 Å². The maximum atomic E-state index is 12.0. The van der Waals surface area contributed by atoms with Gasteiger partial charge in [0.15, 0.2) is 5.76 Å². The molecule has 8 heteroatoms. The maximum absolute atomic E-state index is 12.0. The van der Waals surface area contributed by atoms with Crippen LogP contribution in [0.5, 0.6) is 0 Å². The molecule has 1 unspecified atom stereocenters. The largest absolute Gasteiger partial charge is 0.461 e. The van der Waals surface area contributed by atoms with Crippen molar-refractivity contribution in [2.45, 2.75) is 13.0 Å². The fraction of sp³-hybridized carbons (Fsp3) is 0.133. The summed E-state index contributed by atoms with van der Waals surface area (Å²) in [6, 6.07) is 7.06. The molecule has 0 aromatic carbocycles. The number of aromatic nitrogens is 3. The van der Waals surface area contributed by atoms with Crippen molar-refractivity contribution in [2.75, 3.05) is 5.32 Å². The molecule has 1 amide bonds. The number of thiophene rings is 1. The first kappa shape index (κ1) is 13.8. The highest BCUT2D eigenvalue weighted by atomic mass is 32.1. The van der Waals surface area contributed by atoms with Crippen LogP contribution in [0.25, 0.3) is 11.6 Å². The summed E-state index contributed by atoms with van der Waals surface area (Å²) in [7, 11) is 0. The Hall–Kier alpha value is -2.87. The van der Waals surface area contributed by atoms with Crippen LogP contribution in [0, 0.1) is 0 Å². The highest BCUT2D eigenvalue weighted by Gasteiger charge is 2.34. The summed E-state index contributed by atoms with van der Waals surface area (Å²) in [6.45, 7) is 1.81. The van der Waals surface area contributed by atoms with Gasteiger partial charge >= 0.3 is 0 Å². The third-order valence-corrected chi connectivity index (χ3v) is 4.60. The van der Waals surface area contributed by atoms with Crippen LogP contribution in [0.15, 0.2) is 51.6 Å². The number of nitrogens with zero attached hydrogens (tertiary/aromatic N) is 3. The lowest BCUT2D eigenvalue weighted by atomic mass is 10.0. The first-order chi connectivity index (χ1) is 11.1. The summed E-state index contributed by atoms with van der Waals surface area (Å²) >= 11 is 1.54. The lowest BCUT2D eigenvalue weighted by Crippen LogP contribution is -2.31. The van der Waals surface area contributed by atoms with E-state index in [9.17, 15) is 4.79 Å². The van der Waals surface area contributed by atoms with Crippen LogP contribution in [0.1, 0.15) is 17.8 Å². The second kappa shape index (κ2) is 5.10. The molecule has 1 aliphatic rings. The first-order valence-corrected chi connectivity index (χ1v) is 7.84. The van der Waals surface area contributed by atoms with Crippen LogP contribution in [0.3, 0.4) is 0 Å². The van der Waals surface area contributed by atoms with Crippen molar-refractivity contribution in [2.24, 2.45) is 5.73 Å². The molecule has 0 aliphatic carbocycles. The van der Waals surface area contributed by atoms with E-state index in [1.54, 1.807) is 34.4 Å². The fourth-order valence-electron chi connectivity index (χ4n) is 2.69. The highest BCUT2D eigenvalue weighted by molar-refractivity contribution is 7.10. The number of anilines is 1. The van der Waals surface area contributed by atoms with Crippen LogP contribution >= 0.6 is 11.3 Å². The van der Waals surface area contributed by atoms with Gasteiger partial charge in [0, 0.05) is 10.6 Å². The van der Waals surface area contributed by atoms with E-state index < -0.39 is 5.91 Å². The van der Waals surface area contributed by atoms with Crippen molar-refractivity contribution in [1.29, 1.82) is 0 Å². The molecule has 3 aromatic rings. The Morgan fingerprint density at radius 1 is 1.43 bits per heavy atom. The van der Waals surface area contributed by atoms with Gasteiger partial charge < -0.3 is 15.5 Å². The minimum absolute atomic E-state index is 0.389. The number of primary amides is 1. The zero-order valence-corrected chi connectivity index (χ0v) is 13.0. The fourth-order valence-corrected chi connectivity index (χ4v) is 3.51. The minimum atomic E-state index is -0.478. The van der Waals surface area contributed by atoms with E-state index in [0.29, 0.717) is 28.8 Å². The van der Waals surface area contributed by atoms with Crippen LogP contribution < -0.4 is 11.1 Å². The van der Waals surface area contributed by atoms with Gasteiger partial charge in [-0.3, -0.25) is 4.79 Å². The number of hydrogen-bond acceptors (Lipinski definition) is 6. The van der Waals surface area contributed by atoms with Gasteiger partial charge in [-0.2, -0.15) is 4.98 Å². The zero-order chi connectivity index (χ0) is 16.0. The number of furan rings is 1. The number of hydrogen-bond donors (Lipinski definition) is 2. The normalized spacial score (nSPS) is 17.0. The number of allylic oxidation sites excluding steroid dienone is 1. The average Bonchev–Trinajstić information content (AvgIpc) is 3.25. The Kier molecular flexibility index (Phi) is 3.05. The molecule has 0 spiro atoms. The van der Waals surface area contributed by atoms with Gasteiger partial charge in [0.25, 0.3) is 0 Å². The quantitative estimate of drug-likeness (QED) is 0.769. The third-order valence-electron chi connectivity index (χ3n) is 3.67. The zero-order valence-electron chi connectivity index (χ0n) is 12.2. The Bertz CT molecular complexity index is 893. The van der Waals surface area contributed by atoms with Crippen LogP contribution in [-0.4, -0.2) is 20.7 Å². The van der Waals surface area contributed by atoms with Crippen molar-refractivity contribution in [3.05, 3.63) is 52.1 Å². The summed E-state index contributed by atoms with van der Waals surface area (Å²) in [5.74, 6) is 1.10. The second-order valence-corrected chi connectivity index (χ2v) is 6.11. The van der Waals surface area contributed by atoms with Gasteiger partial charge in [0.1, 0.15) is 6.04 Å². The van der Waals surface area contributed by atoms with Gasteiger partial charge in [0.2, 0.25) is 17.7 Å².